The SMILES string of the molecule is COC(=O)[C@H](OCC[Si](C)(C)C)c1ccccc1OC. The maximum Gasteiger partial charge on any atom is 0.339 e. The van der Waals surface area contributed by atoms with Crippen LogP contribution in [0, 0.1) is 0 Å². The van der Waals surface area contributed by atoms with Gasteiger partial charge in [0.2, 0.25) is 0 Å². The predicted octanol–water partition coefficient (Wildman–Crippen LogP) is 3.26. The molecule has 1 rings (SSSR count). The van der Waals surface area contributed by atoms with Gasteiger partial charge in [-0.1, -0.05) is 37.8 Å². The number of benzene rings is 1. The van der Waals surface area contributed by atoms with Crippen molar-refractivity contribution in [3.63, 3.8) is 0 Å². The summed E-state index contributed by atoms with van der Waals surface area (Å²) in [6.07, 6.45) is -0.729. The van der Waals surface area contributed by atoms with E-state index in [2.05, 4.69) is 19.6 Å². The number of esters is 1. The molecule has 0 unspecified atom stereocenters. The van der Waals surface area contributed by atoms with E-state index in [1.165, 1.54) is 7.11 Å². The summed E-state index contributed by atoms with van der Waals surface area (Å²) >= 11 is 0. The highest BCUT2D eigenvalue weighted by molar-refractivity contribution is 6.76. The van der Waals surface area contributed by atoms with Crippen LogP contribution >= 0.6 is 0 Å². The molecule has 0 aliphatic carbocycles. The molecule has 0 aliphatic rings. The van der Waals surface area contributed by atoms with Gasteiger partial charge in [0, 0.05) is 20.2 Å². The minimum absolute atomic E-state index is 0.398. The highest BCUT2D eigenvalue weighted by atomic mass is 28.3. The molecule has 1 aromatic rings. The molecule has 112 valence electrons. The molecule has 20 heavy (non-hydrogen) atoms. The number of hydrogen-bond donors (Lipinski definition) is 0. The summed E-state index contributed by atoms with van der Waals surface area (Å²) in [7, 11) is 1.75. The Bertz CT molecular complexity index is 440. The minimum Gasteiger partial charge on any atom is -0.496 e. The van der Waals surface area contributed by atoms with Gasteiger partial charge in [0.25, 0.3) is 0 Å². The quantitative estimate of drug-likeness (QED) is 0.572. The van der Waals surface area contributed by atoms with E-state index in [1.807, 2.05) is 24.3 Å². The second-order valence-electron chi connectivity index (χ2n) is 5.83. The molecule has 0 heterocycles. The van der Waals surface area contributed by atoms with Crippen LogP contribution in [0.2, 0.25) is 25.7 Å². The van der Waals surface area contributed by atoms with Crippen molar-refractivity contribution in [2.75, 3.05) is 20.8 Å². The fraction of sp³-hybridized carbons (Fsp3) is 0.533. The molecule has 1 aromatic carbocycles. The van der Waals surface area contributed by atoms with Gasteiger partial charge >= 0.3 is 5.97 Å². The molecule has 0 spiro atoms. The molecule has 0 N–H and O–H groups in total. The van der Waals surface area contributed by atoms with Gasteiger partial charge < -0.3 is 14.2 Å². The van der Waals surface area contributed by atoms with Crippen LogP contribution in [0.4, 0.5) is 0 Å². The summed E-state index contributed by atoms with van der Waals surface area (Å²) in [6, 6.07) is 8.35. The zero-order valence-electron chi connectivity index (χ0n) is 12.9. The van der Waals surface area contributed by atoms with Gasteiger partial charge in [0.05, 0.1) is 14.2 Å². The van der Waals surface area contributed by atoms with Crippen molar-refractivity contribution < 1.29 is 19.0 Å². The Hall–Kier alpha value is -1.33. The van der Waals surface area contributed by atoms with Gasteiger partial charge in [-0.2, -0.15) is 0 Å². The molecular formula is C15H24O4Si. The minimum atomic E-state index is -1.20. The third-order valence-corrected chi connectivity index (χ3v) is 4.68. The molecule has 0 radical (unpaired) electrons. The molecule has 0 aliphatic heterocycles. The molecule has 0 amide bonds. The molecule has 5 heteroatoms. The second kappa shape index (κ2) is 7.45. The monoisotopic (exact) mass is 296 g/mol. The lowest BCUT2D eigenvalue weighted by Crippen LogP contribution is -2.25. The van der Waals surface area contributed by atoms with Gasteiger partial charge in [-0.25, -0.2) is 4.79 Å². The lowest BCUT2D eigenvalue weighted by Gasteiger charge is -2.21. The molecule has 0 bridgehead atoms. The summed E-state index contributed by atoms with van der Waals surface area (Å²) in [6.45, 7) is 7.36. The van der Waals surface area contributed by atoms with E-state index in [1.54, 1.807) is 7.11 Å². The number of hydrogen-bond acceptors (Lipinski definition) is 4. The van der Waals surface area contributed by atoms with Gasteiger partial charge in [0.15, 0.2) is 6.10 Å². The zero-order chi connectivity index (χ0) is 15.2. The first kappa shape index (κ1) is 16.7. The van der Waals surface area contributed by atoms with E-state index >= 15 is 0 Å². The Labute approximate surface area is 122 Å². The van der Waals surface area contributed by atoms with Gasteiger partial charge in [-0.05, 0) is 12.1 Å². The van der Waals surface area contributed by atoms with Gasteiger partial charge in [0.1, 0.15) is 5.75 Å². The lowest BCUT2D eigenvalue weighted by atomic mass is 10.1. The van der Waals surface area contributed by atoms with Crippen LogP contribution in [-0.2, 0) is 14.3 Å². The third-order valence-electron chi connectivity index (χ3n) is 2.97. The Morgan fingerprint density at radius 1 is 1.20 bits per heavy atom. The molecular weight excluding hydrogens is 272 g/mol. The van der Waals surface area contributed by atoms with Crippen molar-refractivity contribution in [3.05, 3.63) is 29.8 Å². The van der Waals surface area contributed by atoms with Crippen LogP contribution in [0.25, 0.3) is 0 Å². The molecule has 0 fully saturated rings. The van der Waals surface area contributed by atoms with Crippen LogP contribution in [0.5, 0.6) is 5.75 Å². The summed E-state index contributed by atoms with van der Waals surface area (Å²) in [5.74, 6) is 0.237. The van der Waals surface area contributed by atoms with Crippen molar-refractivity contribution in [2.24, 2.45) is 0 Å². The van der Waals surface area contributed by atoms with Crippen molar-refractivity contribution >= 4 is 14.0 Å². The predicted molar refractivity (Wildman–Crippen MR) is 81.9 cm³/mol. The number of carbonyl (C=O) groups excluding carboxylic acids is 1. The van der Waals surface area contributed by atoms with Gasteiger partial charge in [-0.3, -0.25) is 0 Å². The van der Waals surface area contributed by atoms with E-state index in [0.717, 1.165) is 6.04 Å². The summed E-state index contributed by atoms with van der Waals surface area (Å²) < 4.78 is 15.9. The van der Waals surface area contributed by atoms with E-state index < -0.39 is 20.1 Å². The average molecular weight is 296 g/mol. The highest BCUT2D eigenvalue weighted by Gasteiger charge is 2.26. The molecule has 0 saturated heterocycles. The van der Waals surface area contributed by atoms with Crippen molar-refractivity contribution in [1.29, 1.82) is 0 Å². The Morgan fingerprint density at radius 3 is 2.40 bits per heavy atom. The largest absolute Gasteiger partial charge is 0.496 e. The fourth-order valence-corrected chi connectivity index (χ4v) is 2.49. The normalized spacial score (nSPS) is 12.8. The van der Waals surface area contributed by atoms with Crippen LogP contribution in [0.15, 0.2) is 24.3 Å². The Balaban J connectivity index is 2.87. The van der Waals surface area contributed by atoms with Gasteiger partial charge in [-0.15, -0.1) is 0 Å². The number of carbonyl (C=O) groups is 1. The number of ether oxygens (including phenoxy) is 3. The maximum atomic E-state index is 11.9. The summed E-state index contributed by atoms with van der Waals surface area (Å²) in [4.78, 5) is 11.9. The van der Waals surface area contributed by atoms with E-state index in [0.29, 0.717) is 17.9 Å². The third kappa shape index (κ3) is 4.98. The highest BCUT2D eigenvalue weighted by Crippen LogP contribution is 2.29. The van der Waals surface area contributed by atoms with E-state index in [4.69, 9.17) is 14.2 Å². The number of para-hydroxylation sites is 1. The van der Waals surface area contributed by atoms with E-state index in [9.17, 15) is 4.79 Å². The molecule has 0 aromatic heterocycles. The standard InChI is InChI=1S/C15H24O4Si/c1-17-13-9-7-6-8-12(13)14(15(16)18-2)19-10-11-20(3,4)5/h6-9,14H,10-11H2,1-5H3/t14-/m1/s1. The topological polar surface area (TPSA) is 44.8 Å². The van der Waals surface area contributed by atoms with Crippen molar-refractivity contribution in [2.45, 2.75) is 31.8 Å². The van der Waals surface area contributed by atoms with Crippen molar-refractivity contribution in [1.82, 2.24) is 0 Å². The smallest absolute Gasteiger partial charge is 0.339 e. The van der Waals surface area contributed by atoms with E-state index in [-0.39, 0.29) is 0 Å². The summed E-state index contributed by atoms with van der Waals surface area (Å²) in [5, 5.41) is 0. The molecule has 0 saturated carbocycles. The first-order chi connectivity index (χ1) is 9.39. The second-order valence-corrected chi connectivity index (χ2v) is 11.4. The first-order valence-corrected chi connectivity index (χ1v) is 10.4. The van der Waals surface area contributed by atoms with Crippen LogP contribution in [0.3, 0.4) is 0 Å². The fourth-order valence-electron chi connectivity index (χ4n) is 1.76. The van der Waals surface area contributed by atoms with Crippen LogP contribution in [-0.4, -0.2) is 34.9 Å². The zero-order valence-corrected chi connectivity index (χ0v) is 13.9. The molecule has 1 atom stereocenters. The molecule has 4 nitrogen and oxygen atoms in total. The lowest BCUT2D eigenvalue weighted by molar-refractivity contribution is -0.154. The van der Waals surface area contributed by atoms with Crippen LogP contribution in [0.1, 0.15) is 11.7 Å². The number of rotatable bonds is 7. The average Bonchev–Trinajstić information content (AvgIpc) is 2.41. The van der Waals surface area contributed by atoms with Crippen LogP contribution < -0.4 is 4.74 Å². The maximum absolute atomic E-state index is 11.9. The van der Waals surface area contributed by atoms with Crippen molar-refractivity contribution in [3.8, 4) is 5.75 Å². The summed E-state index contributed by atoms with van der Waals surface area (Å²) in [5.41, 5.74) is 0.706. The first-order valence-electron chi connectivity index (χ1n) is 6.71. The number of methoxy groups -OCH3 is 2. The Kier molecular flexibility index (Phi) is 6.23. The Morgan fingerprint density at radius 2 is 1.85 bits per heavy atom.